The van der Waals surface area contributed by atoms with Gasteiger partial charge in [0.25, 0.3) is 5.91 Å². The number of carbonyl (C=O) groups excluding carboxylic acids is 1. The minimum Gasteiger partial charge on any atom is -0.496 e. The number of halogens is 1. The summed E-state index contributed by atoms with van der Waals surface area (Å²) in [6, 6.07) is 3.35. The van der Waals surface area contributed by atoms with E-state index >= 15 is 0 Å². The van der Waals surface area contributed by atoms with Gasteiger partial charge in [-0.3, -0.25) is 4.79 Å². The Morgan fingerprint density at radius 2 is 1.61 bits per heavy atom. The fraction of sp³-hybridized carbons (Fsp3) is 0.562. The number of rotatable bonds is 5. The van der Waals surface area contributed by atoms with Crippen molar-refractivity contribution in [1.29, 1.82) is 0 Å². The molecule has 1 fully saturated rings. The van der Waals surface area contributed by atoms with Crippen molar-refractivity contribution in [1.82, 2.24) is 4.90 Å². The van der Waals surface area contributed by atoms with E-state index in [1.54, 1.807) is 33.5 Å². The molecule has 130 valence electrons. The molecule has 0 radical (unpaired) electrons. The number of benzene rings is 1. The Hall–Kier alpha value is -1.66. The molecule has 1 amide bonds. The number of ether oxygens (including phenoxy) is 3. The average Bonchev–Trinajstić information content (AvgIpc) is 2.59. The van der Waals surface area contributed by atoms with Crippen molar-refractivity contribution >= 4 is 18.3 Å². The highest BCUT2D eigenvalue weighted by Crippen LogP contribution is 2.35. The molecule has 1 saturated heterocycles. The van der Waals surface area contributed by atoms with Gasteiger partial charge in [0.1, 0.15) is 5.75 Å². The summed E-state index contributed by atoms with van der Waals surface area (Å²) < 4.78 is 15.9. The smallest absolute Gasteiger partial charge is 0.257 e. The lowest BCUT2D eigenvalue weighted by Crippen LogP contribution is -2.40. The molecule has 1 aromatic rings. The molecule has 1 aliphatic heterocycles. The number of methoxy groups -OCH3 is 3. The van der Waals surface area contributed by atoms with E-state index in [1.165, 1.54) is 0 Å². The van der Waals surface area contributed by atoms with Crippen LogP contribution in [-0.4, -0.2) is 51.8 Å². The van der Waals surface area contributed by atoms with Crippen molar-refractivity contribution in [2.24, 2.45) is 11.7 Å². The number of hydrogen-bond donors (Lipinski definition) is 1. The molecule has 23 heavy (non-hydrogen) atoms. The lowest BCUT2D eigenvalue weighted by atomic mass is 9.96. The number of likely N-dealkylation sites (tertiary alicyclic amines) is 1. The van der Waals surface area contributed by atoms with Crippen LogP contribution < -0.4 is 19.9 Å². The standard InChI is InChI=1S/C16H24N2O4.ClH/c1-20-13-9-15(22-3)14(21-2)8-12(13)16(19)18-6-4-11(10-17)5-7-18;/h8-9,11H,4-7,10,17H2,1-3H3;1H. The second-order valence-corrected chi connectivity index (χ2v) is 5.38. The molecule has 2 N–H and O–H groups in total. The Bertz CT molecular complexity index is 531. The average molecular weight is 345 g/mol. The molecule has 2 rings (SSSR count). The van der Waals surface area contributed by atoms with E-state index in [2.05, 4.69) is 0 Å². The van der Waals surface area contributed by atoms with Gasteiger partial charge in [0.15, 0.2) is 11.5 Å². The van der Waals surface area contributed by atoms with Crippen molar-refractivity contribution in [2.45, 2.75) is 12.8 Å². The van der Waals surface area contributed by atoms with Gasteiger partial charge < -0.3 is 24.8 Å². The van der Waals surface area contributed by atoms with E-state index in [4.69, 9.17) is 19.9 Å². The fourth-order valence-electron chi connectivity index (χ4n) is 2.74. The van der Waals surface area contributed by atoms with Crippen molar-refractivity contribution < 1.29 is 19.0 Å². The van der Waals surface area contributed by atoms with Crippen molar-refractivity contribution in [3.63, 3.8) is 0 Å². The van der Waals surface area contributed by atoms with Gasteiger partial charge in [0.05, 0.1) is 26.9 Å². The molecule has 6 nitrogen and oxygen atoms in total. The summed E-state index contributed by atoms with van der Waals surface area (Å²) in [6.07, 6.45) is 1.88. The quantitative estimate of drug-likeness (QED) is 0.883. The monoisotopic (exact) mass is 344 g/mol. The van der Waals surface area contributed by atoms with Crippen LogP contribution in [0.15, 0.2) is 12.1 Å². The van der Waals surface area contributed by atoms with Gasteiger partial charge in [-0.25, -0.2) is 0 Å². The highest BCUT2D eigenvalue weighted by Gasteiger charge is 2.26. The predicted octanol–water partition coefficient (Wildman–Crippen LogP) is 1.95. The summed E-state index contributed by atoms with van der Waals surface area (Å²) >= 11 is 0. The van der Waals surface area contributed by atoms with E-state index in [0.717, 1.165) is 25.9 Å². The summed E-state index contributed by atoms with van der Waals surface area (Å²) in [5, 5.41) is 0. The number of hydrogen-bond acceptors (Lipinski definition) is 5. The van der Waals surface area contributed by atoms with Crippen LogP contribution in [0.3, 0.4) is 0 Å². The van der Waals surface area contributed by atoms with Gasteiger partial charge in [0.2, 0.25) is 0 Å². The SMILES string of the molecule is COc1cc(OC)c(C(=O)N2CCC(CN)CC2)cc1OC.Cl. The zero-order valence-electron chi connectivity index (χ0n) is 13.8. The number of carbonyl (C=O) groups is 1. The molecule has 0 unspecified atom stereocenters. The first kappa shape index (κ1) is 19.4. The summed E-state index contributed by atoms with van der Waals surface area (Å²) in [5.41, 5.74) is 6.19. The molecule has 0 atom stereocenters. The minimum atomic E-state index is -0.0479. The van der Waals surface area contributed by atoms with Gasteiger partial charge in [0, 0.05) is 25.2 Å². The first-order chi connectivity index (χ1) is 10.6. The molecule has 7 heteroatoms. The Morgan fingerprint density at radius 3 is 2.09 bits per heavy atom. The Balaban J connectivity index is 0.00000264. The van der Waals surface area contributed by atoms with Crippen molar-refractivity contribution in [3.8, 4) is 17.2 Å². The molecular weight excluding hydrogens is 320 g/mol. The van der Waals surface area contributed by atoms with Crippen LogP contribution in [0.4, 0.5) is 0 Å². The Labute approximate surface area is 143 Å². The third-order valence-corrected chi connectivity index (χ3v) is 4.17. The largest absolute Gasteiger partial charge is 0.496 e. The maximum atomic E-state index is 12.8. The highest BCUT2D eigenvalue weighted by atomic mass is 35.5. The van der Waals surface area contributed by atoms with Gasteiger partial charge in [-0.1, -0.05) is 0 Å². The van der Waals surface area contributed by atoms with E-state index in [0.29, 0.717) is 35.3 Å². The zero-order chi connectivity index (χ0) is 16.1. The van der Waals surface area contributed by atoms with Crippen LogP contribution in [0.1, 0.15) is 23.2 Å². The van der Waals surface area contributed by atoms with Crippen LogP contribution >= 0.6 is 12.4 Å². The molecule has 0 aliphatic carbocycles. The Kier molecular flexibility index (Phi) is 7.45. The number of nitrogens with zero attached hydrogens (tertiary/aromatic N) is 1. The molecule has 0 spiro atoms. The van der Waals surface area contributed by atoms with E-state index in [9.17, 15) is 4.79 Å². The van der Waals surface area contributed by atoms with Crippen molar-refractivity contribution in [2.75, 3.05) is 41.0 Å². The van der Waals surface area contributed by atoms with Gasteiger partial charge in [-0.15, -0.1) is 12.4 Å². The van der Waals surface area contributed by atoms with Crippen LogP contribution in [0, 0.1) is 5.92 Å². The number of amides is 1. The summed E-state index contributed by atoms with van der Waals surface area (Å²) in [7, 11) is 4.64. The molecule has 0 bridgehead atoms. The molecule has 1 heterocycles. The molecule has 0 aromatic heterocycles. The van der Waals surface area contributed by atoms with E-state index in [-0.39, 0.29) is 18.3 Å². The third-order valence-electron chi connectivity index (χ3n) is 4.17. The third kappa shape index (κ3) is 4.20. The summed E-state index contributed by atoms with van der Waals surface area (Å²) in [4.78, 5) is 14.6. The van der Waals surface area contributed by atoms with Gasteiger partial charge >= 0.3 is 0 Å². The topological polar surface area (TPSA) is 74.0 Å². The van der Waals surface area contributed by atoms with Crippen LogP contribution in [0.25, 0.3) is 0 Å². The fourth-order valence-corrected chi connectivity index (χ4v) is 2.74. The second kappa shape index (κ2) is 8.84. The van der Waals surface area contributed by atoms with Gasteiger partial charge in [-0.2, -0.15) is 0 Å². The minimum absolute atomic E-state index is 0. The first-order valence-corrected chi connectivity index (χ1v) is 7.43. The van der Waals surface area contributed by atoms with E-state index in [1.807, 2.05) is 4.90 Å². The van der Waals surface area contributed by atoms with Crippen LogP contribution in [-0.2, 0) is 0 Å². The lowest BCUT2D eigenvalue weighted by Gasteiger charge is -2.31. The highest BCUT2D eigenvalue weighted by molar-refractivity contribution is 5.98. The molecular formula is C16H25ClN2O4. The summed E-state index contributed by atoms with van der Waals surface area (Å²) in [5.74, 6) is 2.01. The molecule has 1 aromatic carbocycles. The van der Waals surface area contributed by atoms with Gasteiger partial charge in [-0.05, 0) is 25.3 Å². The zero-order valence-corrected chi connectivity index (χ0v) is 14.6. The lowest BCUT2D eigenvalue weighted by molar-refractivity contribution is 0.0689. The maximum Gasteiger partial charge on any atom is 0.257 e. The Morgan fingerprint density at radius 1 is 1.09 bits per heavy atom. The second-order valence-electron chi connectivity index (χ2n) is 5.38. The normalized spacial score (nSPS) is 14.9. The van der Waals surface area contributed by atoms with Crippen LogP contribution in [0.2, 0.25) is 0 Å². The van der Waals surface area contributed by atoms with Crippen LogP contribution in [0.5, 0.6) is 17.2 Å². The predicted molar refractivity (Wildman–Crippen MR) is 91.0 cm³/mol. The first-order valence-electron chi connectivity index (χ1n) is 7.43. The molecule has 0 saturated carbocycles. The summed E-state index contributed by atoms with van der Waals surface area (Å²) in [6.45, 7) is 2.12. The van der Waals surface area contributed by atoms with E-state index < -0.39 is 0 Å². The number of piperidine rings is 1. The number of nitrogens with two attached hydrogens (primary N) is 1. The maximum absolute atomic E-state index is 12.8. The van der Waals surface area contributed by atoms with Crippen molar-refractivity contribution in [3.05, 3.63) is 17.7 Å². The molecule has 1 aliphatic rings.